The van der Waals surface area contributed by atoms with Gasteiger partial charge in [0.15, 0.2) is 6.10 Å². The average molecular weight is 282 g/mol. The topological polar surface area (TPSA) is 81.4 Å². The highest BCUT2D eigenvalue weighted by atomic mass is 19.1. The van der Waals surface area contributed by atoms with E-state index in [1.165, 1.54) is 19.1 Å². The van der Waals surface area contributed by atoms with Crippen LogP contribution in [0, 0.1) is 5.82 Å². The quantitative estimate of drug-likeness (QED) is 0.474. The molecule has 5 nitrogen and oxygen atoms in total. The number of carbonyl (C=O) groups excluding carboxylic acids is 2. The van der Waals surface area contributed by atoms with Gasteiger partial charge in [0.1, 0.15) is 5.82 Å². The molecule has 0 aliphatic heterocycles. The molecule has 20 heavy (non-hydrogen) atoms. The second-order valence-electron chi connectivity index (χ2n) is 4.43. The molecule has 3 N–H and O–H groups in total. The predicted octanol–water partition coefficient (Wildman–Crippen LogP) is 1.87. The number of nitrogens with two attached hydrogens (primary N) is 1. The molecule has 1 aromatic rings. The Labute approximate surface area is 117 Å². The van der Waals surface area contributed by atoms with Crippen LogP contribution in [0.15, 0.2) is 18.2 Å². The maximum absolute atomic E-state index is 13.0. The maximum atomic E-state index is 13.0. The molecule has 0 radical (unpaired) electrons. The van der Waals surface area contributed by atoms with Crippen LogP contribution >= 0.6 is 0 Å². The minimum Gasteiger partial charge on any atom is -0.449 e. The Morgan fingerprint density at radius 3 is 2.75 bits per heavy atom. The number of rotatable bonds is 6. The van der Waals surface area contributed by atoms with Crippen molar-refractivity contribution in [3.05, 3.63) is 29.6 Å². The van der Waals surface area contributed by atoms with E-state index in [2.05, 4.69) is 5.32 Å². The van der Waals surface area contributed by atoms with E-state index in [9.17, 15) is 14.0 Å². The molecule has 0 aromatic heterocycles. The van der Waals surface area contributed by atoms with Crippen molar-refractivity contribution in [2.24, 2.45) is 0 Å². The number of carbonyl (C=O) groups is 2. The molecule has 1 aromatic carbocycles. The van der Waals surface area contributed by atoms with E-state index in [1.54, 1.807) is 0 Å². The van der Waals surface area contributed by atoms with E-state index in [4.69, 9.17) is 10.5 Å². The largest absolute Gasteiger partial charge is 0.449 e. The summed E-state index contributed by atoms with van der Waals surface area (Å²) in [6.45, 7) is 4.03. The van der Waals surface area contributed by atoms with Crippen molar-refractivity contribution < 1.29 is 18.7 Å². The molecule has 110 valence electrons. The molecule has 0 aliphatic rings. The number of amides is 1. The first-order chi connectivity index (χ1) is 9.45. The van der Waals surface area contributed by atoms with Gasteiger partial charge < -0.3 is 15.8 Å². The molecule has 0 spiro atoms. The summed E-state index contributed by atoms with van der Waals surface area (Å²) >= 11 is 0. The van der Waals surface area contributed by atoms with Gasteiger partial charge in [-0.3, -0.25) is 4.79 Å². The number of esters is 1. The number of hydrogen-bond acceptors (Lipinski definition) is 4. The summed E-state index contributed by atoms with van der Waals surface area (Å²) in [6, 6.07) is 3.52. The molecule has 0 saturated heterocycles. The van der Waals surface area contributed by atoms with E-state index in [0.717, 1.165) is 18.9 Å². The van der Waals surface area contributed by atoms with E-state index < -0.39 is 17.9 Å². The predicted molar refractivity (Wildman–Crippen MR) is 73.6 cm³/mol. The van der Waals surface area contributed by atoms with Crippen molar-refractivity contribution in [3.8, 4) is 0 Å². The van der Waals surface area contributed by atoms with Crippen molar-refractivity contribution in [2.45, 2.75) is 32.8 Å². The first kappa shape index (κ1) is 15.9. The number of unbranched alkanes of at least 4 members (excludes halogenated alkanes) is 1. The lowest BCUT2D eigenvalue weighted by molar-refractivity contribution is -0.129. The molecule has 1 unspecified atom stereocenters. The Bertz CT molecular complexity index is 491. The van der Waals surface area contributed by atoms with Crippen LogP contribution in [-0.4, -0.2) is 24.5 Å². The number of nitrogens with one attached hydrogen (secondary N) is 1. The highest BCUT2D eigenvalue weighted by molar-refractivity contribution is 5.92. The Morgan fingerprint density at radius 2 is 2.15 bits per heavy atom. The smallest absolute Gasteiger partial charge is 0.338 e. The SMILES string of the molecule is CCCCNC(=O)C(C)OC(=O)c1ccc(F)c(N)c1. The van der Waals surface area contributed by atoms with Gasteiger partial charge in [-0.15, -0.1) is 0 Å². The van der Waals surface area contributed by atoms with Crippen molar-refractivity contribution in [2.75, 3.05) is 12.3 Å². The van der Waals surface area contributed by atoms with Gasteiger partial charge in [0.05, 0.1) is 11.3 Å². The van der Waals surface area contributed by atoms with Crippen LogP contribution in [0.2, 0.25) is 0 Å². The highest BCUT2D eigenvalue weighted by Gasteiger charge is 2.18. The second kappa shape index (κ2) is 7.47. The zero-order valence-electron chi connectivity index (χ0n) is 11.6. The molecule has 1 atom stereocenters. The highest BCUT2D eigenvalue weighted by Crippen LogP contribution is 2.13. The van der Waals surface area contributed by atoms with Crippen molar-refractivity contribution >= 4 is 17.6 Å². The van der Waals surface area contributed by atoms with E-state index in [1.807, 2.05) is 6.92 Å². The van der Waals surface area contributed by atoms with E-state index in [-0.39, 0.29) is 17.2 Å². The average Bonchev–Trinajstić information content (AvgIpc) is 2.41. The van der Waals surface area contributed by atoms with E-state index >= 15 is 0 Å². The molecule has 0 saturated carbocycles. The molecule has 1 amide bonds. The minimum absolute atomic E-state index is 0.108. The van der Waals surface area contributed by atoms with Crippen LogP contribution in [0.25, 0.3) is 0 Å². The third-order valence-electron chi connectivity index (χ3n) is 2.71. The Kier molecular flexibility index (Phi) is 5.96. The summed E-state index contributed by atoms with van der Waals surface area (Å²) in [5.74, 6) is -1.68. The van der Waals surface area contributed by atoms with Gasteiger partial charge in [-0.25, -0.2) is 9.18 Å². The van der Waals surface area contributed by atoms with Gasteiger partial charge in [0, 0.05) is 6.54 Å². The monoisotopic (exact) mass is 282 g/mol. The summed E-state index contributed by atoms with van der Waals surface area (Å²) in [5, 5.41) is 2.66. The zero-order chi connectivity index (χ0) is 15.1. The third kappa shape index (κ3) is 4.53. The van der Waals surface area contributed by atoms with Gasteiger partial charge in [0.2, 0.25) is 0 Å². The number of nitrogen functional groups attached to an aromatic ring is 1. The van der Waals surface area contributed by atoms with Crippen LogP contribution < -0.4 is 11.1 Å². The first-order valence-electron chi connectivity index (χ1n) is 6.49. The van der Waals surface area contributed by atoms with Gasteiger partial charge in [-0.05, 0) is 31.5 Å². The van der Waals surface area contributed by atoms with E-state index in [0.29, 0.717) is 6.54 Å². The van der Waals surface area contributed by atoms with Crippen LogP contribution in [0.1, 0.15) is 37.0 Å². The molecule has 6 heteroatoms. The fourth-order valence-corrected chi connectivity index (χ4v) is 1.48. The molecular formula is C14H19FN2O3. The molecule has 1 rings (SSSR count). The lowest BCUT2D eigenvalue weighted by Gasteiger charge is -2.13. The number of anilines is 1. The molecule has 0 aliphatic carbocycles. The van der Waals surface area contributed by atoms with Gasteiger partial charge >= 0.3 is 5.97 Å². The van der Waals surface area contributed by atoms with Crippen molar-refractivity contribution in [1.29, 1.82) is 0 Å². The number of halogens is 1. The van der Waals surface area contributed by atoms with Gasteiger partial charge in [-0.2, -0.15) is 0 Å². The fraction of sp³-hybridized carbons (Fsp3) is 0.429. The Balaban J connectivity index is 2.56. The number of hydrogen-bond donors (Lipinski definition) is 2. The zero-order valence-corrected chi connectivity index (χ0v) is 11.6. The minimum atomic E-state index is -0.911. The van der Waals surface area contributed by atoms with Crippen molar-refractivity contribution in [1.82, 2.24) is 5.32 Å². The maximum Gasteiger partial charge on any atom is 0.338 e. The summed E-state index contributed by atoms with van der Waals surface area (Å²) in [6.07, 6.45) is 0.912. The number of benzene rings is 1. The summed E-state index contributed by atoms with van der Waals surface area (Å²) in [7, 11) is 0. The second-order valence-corrected chi connectivity index (χ2v) is 4.43. The van der Waals surface area contributed by atoms with Crippen molar-refractivity contribution in [3.63, 3.8) is 0 Å². The lowest BCUT2D eigenvalue weighted by Crippen LogP contribution is -2.36. The first-order valence-corrected chi connectivity index (χ1v) is 6.49. The normalized spacial score (nSPS) is 11.8. The Hall–Kier alpha value is -2.11. The summed E-state index contributed by atoms with van der Waals surface area (Å²) < 4.78 is 18.0. The van der Waals surface area contributed by atoms with Gasteiger partial charge in [0.25, 0.3) is 5.91 Å². The van der Waals surface area contributed by atoms with Crippen LogP contribution in [0.3, 0.4) is 0 Å². The van der Waals surface area contributed by atoms with Crippen LogP contribution in [0.4, 0.5) is 10.1 Å². The molecular weight excluding hydrogens is 263 g/mol. The summed E-state index contributed by atoms with van der Waals surface area (Å²) in [4.78, 5) is 23.4. The molecule has 0 heterocycles. The third-order valence-corrected chi connectivity index (χ3v) is 2.71. The van der Waals surface area contributed by atoms with Crippen LogP contribution in [0.5, 0.6) is 0 Å². The Morgan fingerprint density at radius 1 is 1.45 bits per heavy atom. The standard InChI is InChI=1S/C14H19FN2O3/c1-3-4-7-17-13(18)9(2)20-14(19)10-5-6-11(15)12(16)8-10/h5-6,8-9H,3-4,7,16H2,1-2H3,(H,17,18). The fourth-order valence-electron chi connectivity index (χ4n) is 1.48. The molecule has 0 bridgehead atoms. The number of ether oxygens (including phenoxy) is 1. The molecule has 0 fully saturated rings. The van der Waals surface area contributed by atoms with Gasteiger partial charge in [-0.1, -0.05) is 13.3 Å². The summed E-state index contributed by atoms with van der Waals surface area (Å²) in [5.41, 5.74) is 5.34. The lowest BCUT2D eigenvalue weighted by atomic mass is 10.2. The van der Waals surface area contributed by atoms with Crippen LogP contribution in [-0.2, 0) is 9.53 Å².